The standard InChI is InChI=1S/C18H20O3/c1-3-20-17(19)12-18(2)16-9-8-13-6-4-5-7-14(13)15(16)10-11-21-18/h4-9H,3,10-12H2,1-2H3. The van der Waals surface area contributed by atoms with Crippen LogP contribution < -0.4 is 0 Å². The number of hydrogen-bond donors (Lipinski definition) is 0. The fraction of sp³-hybridized carbons (Fsp3) is 0.389. The van der Waals surface area contributed by atoms with Gasteiger partial charge in [0, 0.05) is 0 Å². The molecule has 0 radical (unpaired) electrons. The Morgan fingerprint density at radius 2 is 2.10 bits per heavy atom. The molecule has 2 aromatic carbocycles. The molecule has 0 saturated carbocycles. The van der Waals surface area contributed by atoms with Crippen molar-refractivity contribution in [3.63, 3.8) is 0 Å². The molecule has 3 rings (SSSR count). The first-order valence-electron chi connectivity index (χ1n) is 7.45. The van der Waals surface area contributed by atoms with Gasteiger partial charge in [0.15, 0.2) is 0 Å². The van der Waals surface area contributed by atoms with Crippen molar-refractivity contribution in [2.75, 3.05) is 13.2 Å². The van der Waals surface area contributed by atoms with E-state index in [9.17, 15) is 4.79 Å². The van der Waals surface area contributed by atoms with Gasteiger partial charge in [0.25, 0.3) is 0 Å². The highest BCUT2D eigenvalue weighted by Gasteiger charge is 2.36. The Kier molecular flexibility index (Phi) is 3.68. The SMILES string of the molecule is CCOC(=O)CC1(C)OCCc2c1ccc1ccccc21. The Morgan fingerprint density at radius 3 is 2.90 bits per heavy atom. The lowest BCUT2D eigenvalue weighted by atomic mass is 9.83. The van der Waals surface area contributed by atoms with Crippen molar-refractivity contribution in [3.8, 4) is 0 Å². The molecule has 1 aliphatic rings. The van der Waals surface area contributed by atoms with Crippen LogP contribution in [0.2, 0.25) is 0 Å². The van der Waals surface area contributed by atoms with Crippen molar-refractivity contribution in [2.24, 2.45) is 0 Å². The fourth-order valence-corrected chi connectivity index (χ4v) is 3.19. The zero-order chi connectivity index (χ0) is 14.9. The Hall–Kier alpha value is -1.87. The molecular formula is C18H20O3. The van der Waals surface area contributed by atoms with E-state index >= 15 is 0 Å². The summed E-state index contributed by atoms with van der Waals surface area (Å²) >= 11 is 0. The van der Waals surface area contributed by atoms with Crippen LogP contribution in [0.1, 0.15) is 31.4 Å². The maximum atomic E-state index is 11.9. The molecule has 3 heteroatoms. The van der Waals surface area contributed by atoms with E-state index < -0.39 is 5.60 Å². The van der Waals surface area contributed by atoms with Crippen molar-refractivity contribution in [3.05, 3.63) is 47.5 Å². The van der Waals surface area contributed by atoms with Crippen molar-refractivity contribution in [2.45, 2.75) is 32.3 Å². The number of ether oxygens (including phenoxy) is 2. The van der Waals surface area contributed by atoms with Gasteiger partial charge in [0.05, 0.1) is 19.6 Å². The van der Waals surface area contributed by atoms with Gasteiger partial charge in [-0.25, -0.2) is 0 Å². The Labute approximate surface area is 124 Å². The second kappa shape index (κ2) is 5.49. The molecule has 1 aliphatic heterocycles. The van der Waals surface area contributed by atoms with Crippen LogP contribution in [0.5, 0.6) is 0 Å². The summed E-state index contributed by atoms with van der Waals surface area (Å²) in [6, 6.07) is 12.6. The second-order valence-corrected chi connectivity index (χ2v) is 5.62. The van der Waals surface area contributed by atoms with Gasteiger partial charge in [-0.2, -0.15) is 0 Å². The van der Waals surface area contributed by atoms with E-state index in [4.69, 9.17) is 9.47 Å². The maximum absolute atomic E-state index is 11.9. The zero-order valence-electron chi connectivity index (χ0n) is 12.5. The minimum Gasteiger partial charge on any atom is -0.466 e. The van der Waals surface area contributed by atoms with Gasteiger partial charge >= 0.3 is 5.97 Å². The lowest BCUT2D eigenvalue weighted by molar-refractivity contribution is -0.152. The van der Waals surface area contributed by atoms with Crippen molar-refractivity contribution in [1.29, 1.82) is 0 Å². The molecule has 0 spiro atoms. The largest absolute Gasteiger partial charge is 0.466 e. The Balaban J connectivity index is 2.05. The first kappa shape index (κ1) is 14.1. The third-order valence-electron chi connectivity index (χ3n) is 4.17. The summed E-state index contributed by atoms with van der Waals surface area (Å²) in [5, 5.41) is 2.49. The van der Waals surface area contributed by atoms with Gasteiger partial charge in [-0.15, -0.1) is 0 Å². The average Bonchev–Trinajstić information content (AvgIpc) is 2.47. The molecule has 1 unspecified atom stereocenters. The molecule has 0 N–H and O–H groups in total. The minimum atomic E-state index is -0.593. The average molecular weight is 284 g/mol. The van der Waals surface area contributed by atoms with E-state index in [1.54, 1.807) is 0 Å². The molecule has 0 saturated heterocycles. The van der Waals surface area contributed by atoms with Crippen LogP contribution in [0, 0.1) is 0 Å². The number of carbonyl (C=O) groups is 1. The van der Waals surface area contributed by atoms with Gasteiger partial charge in [0.1, 0.15) is 5.60 Å². The van der Waals surface area contributed by atoms with Gasteiger partial charge in [-0.3, -0.25) is 4.79 Å². The first-order valence-corrected chi connectivity index (χ1v) is 7.45. The normalized spacial score (nSPS) is 21.0. The lowest BCUT2D eigenvalue weighted by Crippen LogP contribution is -2.35. The maximum Gasteiger partial charge on any atom is 0.309 e. The molecule has 2 aromatic rings. The molecule has 0 amide bonds. The molecule has 0 fully saturated rings. The lowest BCUT2D eigenvalue weighted by Gasteiger charge is -2.36. The highest BCUT2D eigenvalue weighted by molar-refractivity contribution is 5.87. The highest BCUT2D eigenvalue weighted by Crippen LogP contribution is 2.39. The van der Waals surface area contributed by atoms with Gasteiger partial charge < -0.3 is 9.47 Å². The molecule has 110 valence electrons. The summed E-state index contributed by atoms with van der Waals surface area (Å²) in [5.41, 5.74) is 1.82. The van der Waals surface area contributed by atoms with Gasteiger partial charge in [-0.1, -0.05) is 36.4 Å². The molecule has 0 bridgehead atoms. The first-order chi connectivity index (χ1) is 10.1. The molecule has 0 aliphatic carbocycles. The predicted molar refractivity (Wildman–Crippen MR) is 82.2 cm³/mol. The van der Waals surface area contributed by atoms with Crippen LogP contribution >= 0.6 is 0 Å². The van der Waals surface area contributed by atoms with Crippen LogP contribution in [-0.2, 0) is 26.3 Å². The summed E-state index contributed by atoms with van der Waals surface area (Å²) in [7, 11) is 0. The summed E-state index contributed by atoms with van der Waals surface area (Å²) in [6.07, 6.45) is 1.14. The number of esters is 1. The molecule has 0 aromatic heterocycles. The summed E-state index contributed by atoms with van der Waals surface area (Å²) in [4.78, 5) is 11.9. The number of rotatable bonds is 3. The van der Waals surface area contributed by atoms with E-state index in [1.165, 1.54) is 16.3 Å². The Bertz CT molecular complexity index is 677. The van der Waals surface area contributed by atoms with Crippen LogP contribution in [0.3, 0.4) is 0 Å². The van der Waals surface area contributed by atoms with E-state index in [1.807, 2.05) is 19.9 Å². The summed E-state index contributed by atoms with van der Waals surface area (Å²) < 4.78 is 11.1. The fourth-order valence-electron chi connectivity index (χ4n) is 3.19. The highest BCUT2D eigenvalue weighted by atomic mass is 16.5. The number of benzene rings is 2. The zero-order valence-corrected chi connectivity index (χ0v) is 12.5. The minimum absolute atomic E-state index is 0.207. The van der Waals surface area contributed by atoms with E-state index in [2.05, 4.69) is 30.3 Å². The smallest absolute Gasteiger partial charge is 0.309 e. The molecule has 1 heterocycles. The van der Waals surface area contributed by atoms with E-state index in [0.29, 0.717) is 13.2 Å². The molecule has 1 atom stereocenters. The Morgan fingerprint density at radius 1 is 1.29 bits per heavy atom. The quantitative estimate of drug-likeness (QED) is 0.808. The number of carbonyl (C=O) groups excluding carboxylic acids is 1. The topological polar surface area (TPSA) is 35.5 Å². The van der Waals surface area contributed by atoms with Crippen LogP contribution in [-0.4, -0.2) is 19.2 Å². The van der Waals surface area contributed by atoms with E-state index in [-0.39, 0.29) is 12.4 Å². The monoisotopic (exact) mass is 284 g/mol. The third kappa shape index (κ3) is 2.54. The molecule has 21 heavy (non-hydrogen) atoms. The van der Waals surface area contributed by atoms with Crippen LogP contribution in [0.25, 0.3) is 10.8 Å². The van der Waals surface area contributed by atoms with E-state index in [0.717, 1.165) is 12.0 Å². The van der Waals surface area contributed by atoms with Crippen molar-refractivity contribution < 1.29 is 14.3 Å². The van der Waals surface area contributed by atoms with Gasteiger partial charge in [-0.05, 0) is 42.2 Å². The summed E-state index contributed by atoms with van der Waals surface area (Å²) in [5.74, 6) is -0.207. The second-order valence-electron chi connectivity index (χ2n) is 5.62. The third-order valence-corrected chi connectivity index (χ3v) is 4.17. The van der Waals surface area contributed by atoms with Crippen LogP contribution in [0.15, 0.2) is 36.4 Å². The van der Waals surface area contributed by atoms with Gasteiger partial charge in [0.2, 0.25) is 0 Å². The molecule has 3 nitrogen and oxygen atoms in total. The number of hydrogen-bond acceptors (Lipinski definition) is 3. The predicted octanol–water partition coefficient (Wildman–Crippen LogP) is 3.58. The van der Waals surface area contributed by atoms with Crippen molar-refractivity contribution >= 4 is 16.7 Å². The molecular weight excluding hydrogens is 264 g/mol. The summed E-state index contributed by atoms with van der Waals surface area (Å²) in [6.45, 7) is 4.84. The number of fused-ring (bicyclic) bond motifs is 3. The van der Waals surface area contributed by atoms with Crippen molar-refractivity contribution in [1.82, 2.24) is 0 Å². The van der Waals surface area contributed by atoms with Crippen LogP contribution in [0.4, 0.5) is 0 Å².